The van der Waals surface area contributed by atoms with Crippen LogP contribution in [-0.2, 0) is 4.74 Å². The topological polar surface area (TPSA) is 9.23 Å². The average Bonchev–Trinajstić information content (AvgIpc) is 2.50. The van der Waals surface area contributed by atoms with Gasteiger partial charge in [0.25, 0.3) is 0 Å². The molecule has 0 amide bonds. The van der Waals surface area contributed by atoms with Crippen molar-refractivity contribution in [2.24, 2.45) is 0 Å². The highest BCUT2D eigenvalue weighted by Crippen LogP contribution is 2.12. The van der Waals surface area contributed by atoms with Crippen LogP contribution in [0.4, 0.5) is 0 Å². The third-order valence-corrected chi connectivity index (χ3v) is 2.10. The van der Waals surface area contributed by atoms with E-state index in [9.17, 15) is 0 Å². The Balaban J connectivity index is 1.90. The van der Waals surface area contributed by atoms with Crippen LogP contribution < -0.4 is 0 Å². The summed E-state index contributed by atoms with van der Waals surface area (Å²) >= 11 is 0. The molecule has 1 heterocycles. The van der Waals surface area contributed by atoms with Crippen molar-refractivity contribution >= 4 is 0 Å². The minimum atomic E-state index is 0.437. The zero-order chi connectivity index (χ0) is 7.94. The Morgan fingerprint density at radius 1 is 1.36 bits per heavy atom. The van der Waals surface area contributed by atoms with Crippen molar-refractivity contribution in [3.05, 3.63) is 12.2 Å². The van der Waals surface area contributed by atoms with Crippen LogP contribution in [0.5, 0.6) is 0 Å². The molecule has 0 aromatic heterocycles. The molecule has 1 aliphatic heterocycles. The summed E-state index contributed by atoms with van der Waals surface area (Å²) in [6.07, 6.45) is 11.3. The largest absolute Gasteiger partial charge is 0.370 e. The molecular formula is C10H18O. The van der Waals surface area contributed by atoms with Gasteiger partial charge in [0.2, 0.25) is 0 Å². The summed E-state index contributed by atoms with van der Waals surface area (Å²) in [6.45, 7) is 3.07. The van der Waals surface area contributed by atoms with Crippen molar-refractivity contribution in [2.45, 2.75) is 45.1 Å². The second kappa shape index (κ2) is 5.36. The van der Waals surface area contributed by atoms with Gasteiger partial charge in [-0.1, -0.05) is 44.8 Å². The van der Waals surface area contributed by atoms with Crippen LogP contribution in [0.1, 0.15) is 39.0 Å². The van der Waals surface area contributed by atoms with E-state index in [0.717, 1.165) is 6.61 Å². The van der Waals surface area contributed by atoms with E-state index in [1.807, 2.05) is 0 Å². The molecule has 0 fully saturated rings. The Kier molecular flexibility index (Phi) is 4.29. The van der Waals surface area contributed by atoms with Gasteiger partial charge in [-0.2, -0.15) is 0 Å². The second-order valence-electron chi connectivity index (χ2n) is 3.15. The number of rotatable bonds is 5. The van der Waals surface area contributed by atoms with E-state index in [-0.39, 0.29) is 0 Å². The molecule has 0 bridgehead atoms. The average molecular weight is 154 g/mol. The Morgan fingerprint density at radius 2 is 2.27 bits per heavy atom. The van der Waals surface area contributed by atoms with Crippen molar-refractivity contribution in [3.63, 3.8) is 0 Å². The van der Waals surface area contributed by atoms with Crippen LogP contribution in [0.2, 0.25) is 0 Å². The molecule has 0 N–H and O–H groups in total. The van der Waals surface area contributed by atoms with E-state index in [4.69, 9.17) is 4.74 Å². The van der Waals surface area contributed by atoms with Gasteiger partial charge in [0.15, 0.2) is 0 Å². The normalized spacial score (nSPS) is 22.8. The van der Waals surface area contributed by atoms with E-state index >= 15 is 0 Å². The van der Waals surface area contributed by atoms with Gasteiger partial charge in [-0.15, -0.1) is 0 Å². The van der Waals surface area contributed by atoms with Crippen molar-refractivity contribution < 1.29 is 4.74 Å². The molecule has 1 rings (SSSR count). The Morgan fingerprint density at radius 3 is 2.91 bits per heavy atom. The van der Waals surface area contributed by atoms with E-state index < -0.39 is 0 Å². The fraction of sp³-hybridized carbons (Fsp3) is 0.800. The van der Waals surface area contributed by atoms with Crippen molar-refractivity contribution in [1.29, 1.82) is 0 Å². The van der Waals surface area contributed by atoms with Gasteiger partial charge in [0.1, 0.15) is 0 Å². The first-order valence-electron chi connectivity index (χ1n) is 4.71. The second-order valence-corrected chi connectivity index (χ2v) is 3.15. The van der Waals surface area contributed by atoms with Gasteiger partial charge in [0, 0.05) is 0 Å². The van der Waals surface area contributed by atoms with Crippen LogP contribution in [0.15, 0.2) is 12.2 Å². The van der Waals surface area contributed by atoms with Crippen LogP contribution in [0, 0.1) is 0 Å². The van der Waals surface area contributed by atoms with Crippen LogP contribution in [0.3, 0.4) is 0 Å². The molecule has 1 aliphatic rings. The molecule has 64 valence electrons. The summed E-state index contributed by atoms with van der Waals surface area (Å²) in [5.74, 6) is 0. The summed E-state index contributed by atoms with van der Waals surface area (Å²) in [5, 5.41) is 0. The van der Waals surface area contributed by atoms with Gasteiger partial charge in [-0.05, 0) is 6.42 Å². The first-order valence-corrected chi connectivity index (χ1v) is 4.71. The summed E-state index contributed by atoms with van der Waals surface area (Å²) in [7, 11) is 0. The smallest absolute Gasteiger partial charge is 0.0760 e. The Bertz CT molecular complexity index is 118. The van der Waals surface area contributed by atoms with Crippen LogP contribution in [0.25, 0.3) is 0 Å². The molecule has 0 saturated heterocycles. The summed E-state index contributed by atoms with van der Waals surface area (Å²) < 4.78 is 5.42. The molecule has 0 radical (unpaired) electrons. The minimum Gasteiger partial charge on any atom is -0.370 e. The molecule has 0 aromatic carbocycles. The fourth-order valence-electron chi connectivity index (χ4n) is 1.39. The third kappa shape index (κ3) is 3.57. The van der Waals surface area contributed by atoms with Crippen LogP contribution in [-0.4, -0.2) is 12.7 Å². The van der Waals surface area contributed by atoms with Gasteiger partial charge >= 0.3 is 0 Å². The molecule has 0 saturated carbocycles. The predicted octanol–water partition coefficient (Wildman–Crippen LogP) is 2.91. The first kappa shape index (κ1) is 8.79. The monoisotopic (exact) mass is 154 g/mol. The first-order chi connectivity index (χ1) is 5.43. The number of hydrogen-bond acceptors (Lipinski definition) is 1. The molecule has 1 heteroatoms. The molecule has 0 aliphatic carbocycles. The summed E-state index contributed by atoms with van der Waals surface area (Å²) in [6, 6.07) is 0. The maximum Gasteiger partial charge on any atom is 0.0760 e. The van der Waals surface area contributed by atoms with E-state index in [1.165, 1.54) is 32.1 Å². The highest BCUT2D eigenvalue weighted by molar-refractivity contribution is 4.95. The van der Waals surface area contributed by atoms with E-state index in [2.05, 4.69) is 19.1 Å². The fourth-order valence-corrected chi connectivity index (χ4v) is 1.39. The lowest BCUT2D eigenvalue weighted by molar-refractivity contribution is 0.119. The van der Waals surface area contributed by atoms with Crippen molar-refractivity contribution in [3.8, 4) is 0 Å². The zero-order valence-corrected chi connectivity index (χ0v) is 7.38. The van der Waals surface area contributed by atoms with Crippen LogP contribution >= 0.6 is 0 Å². The molecule has 1 unspecified atom stereocenters. The van der Waals surface area contributed by atoms with E-state index in [0.29, 0.717) is 6.10 Å². The van der Waals surface area contributed by atoms with Gasteiger partial charge in [0.05, 0.1) is 12.7 Å². The lowest BCUT2D eigenvalue weighted by atomic mass is 10.1. The number of ether oxygens (including phenoxy) is 1. The standard InChI is InChI=1S/C10H18O/c1-2-3-4-5-7-10-8-6-9-11-10/h6,8,10H,2-5,7,9H2,1H3. The SMILES string of the molecule is CCCCCCC1C=CCO1. The van der Waals surface area contributed by atoms with Gasteiger partial charge in [-0.25, -0.2) is 0 Å². The summed E-state index contributed by atoms with van der Waals surface area (Å²) in [4.78, 5) is 0. The predicted molar refractivity (Wildman–Crippen MR) is 47.6 cm³/mol. The lowest BCUT2D eigenvalue weighted by Gasteiger charge is -2.06. The molecule has 0 aromatic rings. The van der Waals surface area contributed by atoms with E-state index in [1.54, 1.807) is 0 Å². The minimum absolute atomic E-state index is 0.437. The summed E-state index contributed by atoms with van der Waals surface area (Å²) in [5.41, 5.74) is 0. The van der Waals surface area contributed by atoms with Gasteiger partial charge < -0.3 is 4.74 Å². The Labute approximate surface area is 69.4 Å². The zero-order valence-electron chi connectivity index (χ0n) is 7.38. The van der Waals surface area contributed by atoms with Crippen molar-refractivity contribution in [1.82, 2.24) is 0 Å². The maximum atomic E-state index is 5.42. The number of hydrogen-bond donors (Lipinski definition) is 0. The van der Waals surface area contributed by atoms with Gasteiger partial charge in [-0.3, -0.25) is 0 Å². The number of unbranched alkanes of at least 4 members (excludes halogenated alkanes) is 3. The quantitative estimate of drug-likeness (QED) is 0.437. The highest BCUT2D eigenvalue weighted by Gasteiger charge is 2.07. The highest BCUT2D eigenvalue weighted by atomic mass is 16.5. The lowest BCUT2D eigenvalue weighted by Crippen LogP contribution is -2.03. The molecule has 1 nitrogen and oxygen atoms in total. The van der Waals surface area contributed by atoms with Crippen molar-refractivity contribution in [2.75, 3.05) is 6.61 Å². The molecule has 11 heavy (non-hydrogen) atoms. The molecule has 0 spiro atoms. The molecule has 1 atom stereocenters. The molecular weight excluding hydrogens is 136 g/mol. The Hall–Kier alpha value is -0.300. The maximum absolute atomic E-state index is 5.42. The third-order valence-electron chi connectivity index (χ3n) is 2.10.